The van der Waals surface area contributed by atoms with Crippen molar-refractivity contribution in [1.29, 1.82) is 0 Å². The summed E-state index contributed by atoms with van der Waals surface area (Å²) in [5, 5.41) is 0. The molecule has 0 saturated carbocycles. The molecule has 40 heavy (non-hydrogen) atoms. The number of halogens is 1. The molecule has 0 radical (unpaired) electrons. The number of nitrogens with zero attached hydrogens (tertiary/aromatic N) is 2. The third-order valence-corrected chi connectivity index (χ3v) is 7.56. The van der Waals surface area contributed by atoms with E-state index < -0.39 is 12.0 Å². The number of thiazole rings is 1. The Morgan fingerprint density at radius 1 is 1.05 bits per heavy atom. The van der Waals surface area contributed by atoms with E-state index in [0.29, 0.717) is 44.1 Å². The number of carbonyl (C=O) groups excluding carboxylic acids is 1. The molecular formula is C31H27FN2O5S. The average Bonchev–Trinajstić information content (AvgIpc) is 3.30. The highest BCUT2D eigenvalue weighted by Gasteiger charge is 2.33. The number of aromatic nitrogens is 1. The fourth-order valence-corrected chi connectivity index (χ4v) is 5.66. The van der Waals surface area contributed by atoms with Crippen molar-refractivity contribution in [2.45, 2.75) is 26.0 Å². The van der Waals surface area contributed by atoms with Gasteiger partial charge in [-0.3, -0.25) is 9.36 Å². The summed E-state index contributed by atoms with van der Waals surface area (Å²) in [7, 11) is 2.87. The van der Waals surface area contributed by atoms with Crippen LogP contribution in [-0.2, 0) is 16.1 Å². The minimum absolute atomic E-state index is 0.180. The Balaban J connectivity index is 1.65. The van der Waals surface area contributed by atoms with E-state index in [1.165, 1.54) is 37.7 Å². The molecule has 2 heterocycles. The molecule has 0 unspecified atom stereocenters. The Morgan fingerprint density at radius 2 is 1.80 bits per heavy atom. The highest BCUT2D eigenvalue weighted by molar-refractivity contribution is 7.07. The van der Waals surface area contributed by atoms with Crippen LogP contribution in [0.3, 0.4) is 0 Å². The summed E-state index contributed by atoms with van der Waals surface area (Å²) < 4.78 is 32.1. The zero-order valence-corrected chi connectivity index (χ0v) is 23.0. The number of ether oxygens (including phenoxy) is 3. The van der Waals surface area contributed by atoms with Crippen molar-refractivity contribution in [2.75, 3.05) is 14.2 Å². The first-order chi connectivity index (χ1) is 19.4. The Labute approximate surface area is 234 Å². The monoisotopic (exact) mass is 558 g/mol. The van der Waals surface area contributed by atoms with Crippen molar-refractivity contribution in [3.63, 3.8) is 0 Å². The van der Waals surface area contributed by atoms with Crippen LogP contribution in [0.5, 0.6) is 11.5 Å². The second kappa shape index (κ2) is 11.7. The van der Waals surface area contributed by atoms with Crippen molar-refractivity contribution in [3.8, 4) is 11.5 Å². The van der Waals surface area contributed by atoms with Gasteiger partial charge in [0.15, 0.2) is 16.3 Å². The van der Waals surface area contributed by atoms with Crippen LogP contribution in [0.1, 0.15) is 36.1 Å². The van der Waals surface area contributed by atoms with Crippen molar-refractivity contribution >= 4 is 23.4 Å². The predicted molar refractivity (Wildman–Crippen MR) is 151 cm³/mol. The van der Waals surface area contributed by atoms with Crippen molar-refractivity contribution < 1.29 is 23.4 Å². The van der Waals surface area contributed by atoms with Crippen molar-refractivity contribution in [1.82, 2.24) is 4.57 Å². The molecule has 3 aromatic carbocycles. The maximum absolute atomic E-state index is 13.9. The molecule has 0 N–H and O–H groups in total. The standard InChI is InChI=1S/C31H27FN2O5S/c1-4-23-26(30(36)38-3)27(20-9-6-5-7-10-20)34-29(35)25(40-31(34)33-23)17-21-11-8-12-24(37-2)28(21)39-18-19-13-15-22(32)16-14-19/h5-17,27H,4,18H2,1-3H3/b25-17+/t27-/m0/s1. The molecule has 0 aliphatic carbocycles. The van der Waals surface area contributed by atoms with Crippen LogP contribution < -0.4 is 24.4 Å². The topological polar surface area (TPSA) is 79.1 Å². The first kappa shape index (κ1) is 27.1. The molecule has 4 aromatic rings. The van der Waals surface area contributed by atoms with Gasteiger partial charge in [-0.1, -0.05) is 72.9 Å². The lowest BCUT2D eigenvalue weighted by atomic mass is 9.95. The van der Waals surface area contributed by atoms with E-state index in [9.17, 15) is 14.0 Å². The maximum Gasteiger partial charge on any atom is 0.338 e. The van der Waals surface area contributed by atoms with E-state index in [2.05, 4.69) is 0 Å². The number of methoxy groups -OCH3 is 2. The summed E-state index contributed by atoms with van der Waals surface area (Å²) in [6.07, 6.45) is 2.23. The minimum Gasteiger partial charge on any atom is -0.493 e. The summed E-state index contributed by atoms with van der Waals surface area (Å²) >= 11 is 1.24. The van der Waals surface area contributed by atoms with Crippen molar-refractivity contribution in [3.05, 3.63) is 126 Å². The Kier molecular flexibility index (Phi) is 7.93. The lowest BCUT2D eigenvalue weighted by Crippen LogP contribution is -2.40. The normalized spacial score (nSPS) is 14.9. The zero-order chi connectivity index (χ0) is 28.2. The van der Waals surface area contributed by atoms with Crippen LogP contribution in [0, 0.1) is 5.82 Å². The van der Waals surface area contributed by atoms with E-state index >= 15 is 0 Å². The highest BCUT2D eigenvalue weighted by Crippen LogP contribution is 2.33. The highest BCUT2D eigenvalue weighted by atomic mass is 32.1. The maximum atomic E-state index is 13.9. The van der Waals surface area contributed by atoms with Gasteiger partial charge in [0.2, 0.25) is 0 Å². The number of benzene rings is 3. The average molecular weight is 559 g/mol. The third-order valence-electron chi connectivity index (χ3n) is 6.58. The minimum atomic E-state index is -0.679. The molecule has 0 amide bonds. The summed E-state index contributed by atoms with van der Waals surface area (Å²) in [5.41, 5.74) is 2.83. The zero-order valence-electron chi connectivity index (χ0n) is 22.2. The molecule has 1 aliphatic heterocycles. The fourth-order valence-electron chi connectivity index (χ4n) is 4.65. The van der Waals surface area contributed by atoms with Crippen LogP contribution in [0.15, 0.2) is 93.9 Å². The van der Waals surface area contributed by atoms with Crippen LogP contribution in [0.4, 0.5) is 4.39 Å². The molecule has 0 bridgehead atoms. The van der Waals surface area contributed by atoms with Gasteiger partial charge < -0.3 is 14.2 Å². The number of hydrogen-bond donors (Lipinski definition) is 0. The van der Waals surface area contributed by atoms with E-state index in [4.69, 9.17) is 19.2 Å². The van der Waals surface area contributed by atoms with E-state index in [0.717, 1.165) is 11.1 Å². The molecule has 0 fully saturated rings. The predicted octanol–water partition coefficient (Wildman–Crippen LogP) is 4.53. The summed E-state index contributed by atoms with van der Waals surface area (Å²) in [6, 6.07) is 20.2. The van der Waals surface area contributed by atoms with Gasteiger partial charge in [-0.25, -0.2) is 14.2 Å². The second-order valence-corrected chi connectivity index (χ2v) is 10.0. The molecule has 0 spiro atoms. The van der Waals surface area contributed by atoms with Gasteiger partial charge >= 0.3 is 5.97 Å². The Bertz CT molecular complexity index is 1760. The van der Waals surface area contributed by atoms with E-state index in [1.807, 2.05) is 49.4 Å². The van der Waals surface area contributed by atoms with E-state index in [1.54, 1.807) is 28.8 Å². The van der Waals surface area contributed by atoms with Gasteiger partial charge in [-0.05, 0) is 41.8 Å². The van der Waals surface area contributed by atoms with Gasteiger partial charge in [-0.15, -0.1) is 0 Å². The third kappa shape index (κ3) is 5.20. The Morgan fingerprint density at radius 3 is 2.48 bits per heavy atom. The van der Waals surface area contributed by atoms with Gasteiger partial charge in [-0.2, -0.15) is 0 Å². The molecule has 0 saturated heterocycles. The summed E-state index contributed by atoms with van der Waals surface area (Å²) in [5.74, 6) is 0.0943. The Hall–Kier alpha value is -4.50. The number of carbonyl (C=O) groups is 1. The van der Waals surface area contributed by atoms with Gasteiger partial charge in [0, 0.05) is 5.56 Å². The van der Waals surface area contributed by atoms with Crippen LogP contribution in [0.25, 0.3) is 6.08 Å². The molecule has 7 nitrogen and oxygen atoms in total. The molecule has 1 aliphatic rings. The number of rotatable bonds is 8. The lowest BCUT2D eigenvalue weighted by molar-refractivity contribution is -0.136. The summed E-state index contributed by atoms with van der Waals surface area (Å²) in [4.78, 5) is 32.1. The fraction of sp³-hybridized carbons (Fsp3) is 0.194. The van der Waals surface area contributed by atoms with Crippen LogP contribution in [0.2, 0.25) is 0 Å². The van der Waals surface area contributed by atoms with Crippen LogP contribution >= 0.6 is 11.3 Å². The van der Waals surface area contributed by atoms with Crippen LogP contribution in [-0.4, -0.2) is 24.8 Å². The molecule has 1 aromatic heterocycles. The molecular weight excluding hydrogens is 531 g/mol. The molecule has 1 atom stereocenters. The number of hydrogen-bond acceptors (Lipinski definition) is 7. The smallest absolute Gasteiger partial charge is 0.338 e. The SMILES string of the molecule is CCC1=C(C(=O)OC)[C@H](c2ccccc2)n2c(s/c(=C/c3cccc(OC)c3OCc3ccc(F)cc3)c2=O)=N1. The van der Waals surface area contributed by atoms with E-state index in [-0.39, 0.29) is 18.0 Å². The van der Waals surface area contributed by atoms with Gasteiger partial charge in [0.25, 0.3) is 5.56 Å². The largest absolute Gasteiger partial charge is 0.493 e. The van der Waals surface area contributed by atoms with Gasteiger partial charge in [0.05, 0.1) is 36.1 Å². The quantitative estimate of drug-likeness (QED) is 0.297. The number of para-hydroxylation sites is 1. The lowest BCUT2D eigenvalue weighted by Gasteiger charge is -2.25. The molecule has 204 valence electrons. The first-order valence-electron chi connectivity index (χ1n) is 12.7. The number of esters is 1. The number of fused-ring (bicyclic) bond motifs is 1. The summed E-state index contributed by atoms with van der Waals surface area (Å²) in [6.45, 7) is 2.10. The number of allylic oxidation sites excluding steroid dienone is 1. The second-order valence-electron chi connectivity index (χ2n) is 8.99. The molecule has 9 heteroatoms. The van der Waals surface area contributed by atoms with Gasteiger partial charge in [0.1, 0.15) is 12.4 Å². The van der Waals surface area contributed by atoms with Crippen molar-refractivity contribution in [2.24, 2.45) is 4.99 Å². The molecule has 5 rings (SSSR count). The first-order valence-corrected chi connectivity index (χ1v) is 13.5.